The summed E-state index contributed by atoms with van der Waals surface area (Å²) in [5.41, 5.74) is 0.595. The van der Waals surface area contributed by atoms with E-state index in [9.17, 15) is 4.79 Å². The zero-order valence-corrected chi connectivity index (χ0v) is 10.9. The summed E-state index contributed by atoms with van der Waals surface area (Å²) >= 11 is 1.23. The van der Waals surface area contributed by atoms with Gasteiger partial charge < -0.3 is 15.3 Å². The van der Waals surface area contributed by atoms with E-state index in [4.69, 9.17) is 5.11 Å². The van der Waals surface area contributed by atoms with Crippen LogP contribution in [0.4, 0.5) is 5.13 Å². The summed E-state index contributed by atoms with van der Waals surface area (Å²) in [6.45, 7) is 3.89. The lowest BCUT2D eigenvalue weighted by Crippen LogP contribution is -2.36. The predicted octanol–water partition coefficient (Wildman–Crippen LogP) is 1.66. The standard InChI is InChI=1S/C11H17N3O2S/c1-7-9(10(15)16)17-11(12-7)13-8-3-5-14(2)6-4-8/h8H,3-6H2,1-2H3,(H,12,13)(H,15,16). The van der Waals surface area contributed by atoms with E-state index in [-0.39, 0.29) is 0 Å². The monoisotopic (exact) mass is 255 g/mol. The molecule has 1 saturated heterocycles. The van der Waals surface area contributed by atoms with Gasteiger partial charge in [0.05, 0.1) is 5.69 Å². The lowest BCUT2D eigenvalue weighted by molar-refractivity contribution is 0.0701. The summed E-state index contributed by atoms with van der Waals surface area (Å²) in [6, 6.07) is 0.415. The molecular weight excluding hydrogens is 238 g/mol. The summed E-state index contributed by atoms with van der Waals surface area (Å²) < 4.78 is 0. The van der Waals surface area contributed by atoms with Crippen molar-refractivity contribution >= 4 is 22.4 Å². The first-order valence-corrected chi connectivity index (χ1v) is 6.53. The molecule has 1 fully saturated rings. The van der Waals surface area contributed by atoms with Crippen molar-refractivity contribution in [1.29, 1.82) is 0 Å². The minimum absolute atomic E-state index is 0.334. The van der Waals surface area contributed by atoms with Crippen LogP contribution in [0.15, 0.2) is 0 Å². The number of carbonyl (C=O) groups is 1. The Morgan fingerprint density at radius 3 is 2.71 bits per heavy atom. The Bertz CT molecular complexity index is 411. The molecule has 1 aromatic heterocycles. The van der Waals surface area contributed by atoms with Gasteiger partial charge in [-0.15, -0.1) is 0 Å². The molecule has 0 atom stereocenters. The predicted molar refractivity (Wildman–Crippen MR) is 68.0 cm³/mol. The van der Waals surface area contributed by atoms with Crippen molar-refractivity contribution in [3.8, 4) is 0 Å². The summed E-state index contributed by atoms with van der Waals surface area (Å²) in [5, 5.41) is 13.0. The van der Waals surface area contributed by atoms with Gasteiger partial charge in [0.15, 0.2) is 5.13 Å². The van der Waals surface area contributed by atoms with Crippen LogP contribution < -0.4 is 5.32 Å². The Labute approximate surface area is 104 Å². The Morgan fingerprint density at radius 1 is 1.53 bits per heavy atom. The van der Waals surface area contributed by atoms with Crippen LogP contribution >= 0.6 is 11.3 Å². The highest BCUT2D eigenvalue weighted by atomic mass is 32.1. The van der Waals surface area contributed by atoms with Crippen molar-refractivity contribution in [3.63, 3.8) is 0 Å². The highest BCUT2D eigenvalue weighted by molar-refractivity contribution is 7.17. The van der Waals surface area contributed by atoms with Crippen LogP contribution in [0.2, 0.25) is 0 Å². The molecule has 1 aliphatic heterocycles. The Morgan fingerprint density at radius 2 is 2.18 bits per heavy atom. The van der Waals surface area contributed by atoms with Gasteiger partial charge in [-0.05, 0) is 39.9 Å². The van der Waals surface area contributed by atoms with Gasteiger partial charge in [0, 0.05) is 6.04 Å². The second kappa shape index (κ2) is 5.01. The third kappa shape index (κ3) is 2.95. The highest BCUT2D eigenvalue weighted by Crippen LogP contribution is 2.24. The lowest BCUT2D eigenvalue weighted by Gasteiger charge is -2.29. The van der Waals surface area contributed by atoms with Crippen molar-refractivity contribution in [2.24, 2.45) is 0 Å². The largest absolute Gasteiger partial charge is 0.477 e. The van der Waals surface area contributed by atoms with Gasteiger partial charge in [-0.25, -0.2) is 9.78 Å². The number of aromatic carboxylic acids is 1. The number of aromatic nitrogens is 1. The first-order chi connectivity index (χ1) is 8.06. The molecule has 0 bridgehead atoms. The number of hydrogen-bond donors (Lipinski definition) is 2. The maximum absolute atomic E-state index is 10.9. The third-order valence-electron chi connectivity index (χ3n) is 3.04. The molecule has 0 aromatic carbocycles. The number of likely N-dealkylation sites (tertiary alicyclic amines) is 1. The van der Waals surface area contributed by atoms with Gasteiger partial charge in [0.1, 0.15) is 4.88 Å². The fourth-order valence-electron chi connectivity index (χ4n) is 1.98. The van der Waals surface area contributed by atoms with E-state index in [1.807, 2.05) is 0 Å². The molecule has 2 N–H and O–H groups in total. The molecule has 0 spiro atoms. The van der Waals surface area contributed by atoms with Crippen molar-refractivity contribution in [1.82, 2.24) is 9.88 Å². The zero-order valence-electron chi connectivity index (χ0n) is 10.1. The van der Waals surface area contributed by atoms with Gasteiger partial charge >= 0.3 is 5.97 Å². The topological polar surface area (TPSA) is 65.5 Å². The first kappa shape index (κ1) is 12.3. The van der Waals surface area contributed by atoms with Gasteiger partial charge in [-0.3, -0.25) is 0 Å². The minimum Gasteiger partial charge on any atom is -0.477 e. The van der Waals surface area contributed by atoms with E-state index in [0.29, 0.717) is 16.6 Å². The number of nitrogens with one attached hydrogen (secondary N) is 1. The second-order valence-corrected chi connectivity index (χ2v) is 5.46. The second-order valence-electron chi connectivity index (χ2n) is 4.46. The Hall–Kier alpha value is -1.14. The fraction of sp³-hybridized carbons (Fsp3) is 0.636. The quantitative estimate of drug-likeness (QED) is 0.860. The van der Waals surface area contributed by atoms with Crippen LogP contribution in [0, 0.1) is 6.92 Å². The number of hydrogen-bond acceptors (Lipinski definition) is 5. The number of rotatable bonds is 3. The van der Waals surface area contributed by atoms with E-state index in [1.165, 1.54) is 11.3 Å². The van der Waals surface area contributed by atoms with E-state index >= 15 is 0 Å². The van der Waals surface area contributed by atoms with Crippen LogP contribution in [0.25, 0.3) is 0 Å². The third-order valence-corrected chi connectivity index (χ3v) is 4.11. The number of aryl methyl sites for hydroxylation is 1. The molecule has 17 heavy (non-hydrogen) atoms. The maximum atomic E-state index is 10.9. The number of carboxylic acids is 1. The van der Waals surface area contributed by atoms with Crippen LogP contribution in [-0.4, -0.2) is 47.1 Å². The molecule has 0 aliphatic carbocycles. The molecule has 0 saturated carbocycles. The maximum Gasteiger partial charge on any atom is 0.347 e. The van der Waals surface area contributed by atoms with Crippen molar-refractivity contribution in [2.75, 3.05) is 25.5 Å². The molecule has 6 heteroatoms. The molecule has 1 aromatic rings. The summed E-state index contributed by atoms with van der Waals surface area (Å²) in [6.07, 6.45) is 2.16. The van der Waals surface area contributed by atoms with E-state index in [0.717, 1.165) is 31.1 Å². The van der Waals surface area contributed by atoms with Crippen molar-refractivity contribution in [2.45, 2.75) is 25.8 Å². The van der Waals surface area contributed by atoms with Gasteiger partial charge in [0.2, 0.25) is 0 Å². The SMILES string of the molecule is Cc1nc(NC2CCN(C)CC2)sc1C(=O)O. The lowest BCUT2D eigenvalue weighted by atomic mass is 10.1. The van der Waals surface area contributed by atoms with E-state index in [1.54, 1.807) is 6.92 Å². The number of carboxylic acid groups (broad SMARTS) is 1. The fourth-order valence-corrected chi connectivity index (χ4v) is 2.87. The zero-order chi connectivity index (χ0) is 12.4. The molecule has 94 valence electrons. The molecule has 5 nitrogen and oxygen atoms in total. The normalized spacial score (nSPS) is 18.2. The van der Waals surface area contributed by atoms with E-state index < -0.39 is 5.97 Å². The molecular formula is C11H17N3O2S. The van der Waals surface area contributed by atoms with Gasteiger partial charge in [-0.1, -0.05) is 11.3 Å². The Kier molecular flexibility index (Phi) is 3.63. The molecule has 0 unspecified atom stereocenters. The average Bonchev–Trinajstić information content (AvgIpc) is 2.63. The van der Waals surface area contributed by atoms with E-state index in [2.05, 4.69) is 22.2 Å². The number of nitrogens with zero attached hydrogens (tertiary/aromatic N) is 2. The van der Waals surface area contributed by atoms with Gasteiger partial charge in [-0.2, -0.15) is 0 Å². The van der Waals surface area contributed by atoms with Crippen LogP contribution in [0.5, 0.6) is 0 Å². The highest BCUT2D eigenvalue weighted by Gasteiger charge is 2.19. The molecule has 2 rings (SSSR count). The smallest absolute Gasteiger partial charge is 0.347 e. The first-order valence-electron chi connectivity index (χ1n) is 5.72. The molecule has 0 amide bonds. The Balaban J connectivity index is 1.99. The minimum atomic E-state index is -0.892. The summed E-state index contributed by atoms with van der Waals surface area (Å²) in [5.74, 6) is -0.892. The summed E-state index contributed by atoms with van der Waals surface area (Å²) in [4.78, 5) is 17.8. The molecule has 0 radical (unpaired) electrons. The molecule has 1 aliphatic rings. The van der Waals surface area contributed by atoms with Crippen molar-refractivity contribution in [3.05, 3.63) is 10.6 Å². The van der Waals surface area contributed by atoms with Crippen LogP contribution in [0.1, 0.15) is 28.2 Å². The van der Waals surface area contributed by atoms with Crippen molar-refractivity contribution < 1.29 is 9.90 Å². The average molecular weight is 255 g/mol. The number of anilines is 1. The van der Waals surface area contributed by atoms with Gasteiger partial charge in [0.25, 0.3) is 0 Å². The van der Waals surface area contributed by atoms with Crippen LogP contribution in [0.3, 0.4) is 0 Å². The number of piperidine rings is 1. The summed E-state index contributed by atoms with van der Waals surface area (Å²) in [7, 11) is 2.12. The molecule has 2 heterocycles. The number of thiazole rings is 1. The van der Waals surface area contributed by atoms with Crippen LogP contribution in [-0.2, 0) is 0 Å².